The summed E-state index contributed by atoms with van der Waals surface area (Å²) in [5.74, 6) is 0.648. The van der Waals surface area contributed by atoms with Crippen LogP contribution in [0.25, 0.3) is 0 Å². The van der Waals surface area contributed by atoms with Gasteiger partial charge in [-0.05, 0) is 18.1 Å². The first-order valence-corrected chi connectivity index (χ1v) is 4.53. The van der Waals surface area contributed by atoms with Crippen LogP contribution in [0.15, 0.2) is 47.6 Å². The molecule has 1 heteroatoms. The number of hydrogen-bond acceptors (Lipinski definition) is 1. The van der Waals surface area contributed by atoms with Crippen LogP contribution >= 0.6 is 0 Å². The van der Waals surface area contributed by atoms with Crippen molar-refractivity contribution in [2.45, 2.75) is 13.3 Å². The largest absolute Gasteiger partial charge is 0.300 e. The molecule has 1 nitrogen and oxygen atoms in total. The summed E-state index contributed by atoms with van der Waals surface area (Å²) in [6.07, 6.45) is 13.1. The smallest absolute Gasteiger partial charge is 0.134 e. The van der Waals surface area contributed by atoms with E-state index in [9.17, 15) is 4.79 Å². The highest BCUT2D eigenvalue weighted by molar-refractivity contribution is 5.79. The van der Waals surface area contributed by atoms with Crippen LogP contribution in [0.3, 0.4) is 0 Å². The molecule has 0 amide bonds. The molecular formula is C12H12O. The van der Waals surface area contributed by atoms with Crippen molar-refractivity contribution in [3.8, 4) is 0 Å². The number of hydrogen-bond donors (Lipinski definition) is 0. The molecule has 2 aliphatic carbocycles. The Morgan fingerprint density at radius 1 is 1.31 bits per heavy atom. The van der Waals surface area contributed by atoms with Gasteiger partial charge in [0.15, 0.2) is 0 Å². The molecule has 0 saturated carbocycles. The number of fused-ring (bicyclic) bond motifs is 1. The summed E-state index contributed by atoms with van der Waals surface area (Å²) in [6.45, 7) is 1.64. The predicted octanol–water partition coefficient (Wildman–Crippen LogP) is 2.57. The molecule has 1 unspecified atom stereocenters. The Hall–Kier alpha value is -1.37. The maximum Gasteiger partial charge on any atom is 0.134 e. The van der Waals surface area contributed by atoms with Crippen LogP contribution in [-0.4, -0.2) is 5.78 Å². The van der Waals surface area contributed by atoms with E-state index in [2.05, 4.69) is 30.4 Å². The second kappa shape index (κ2) is 3.17. The van der Waals surface area contributed by atoms with Crippen LogP contribution in [0.5, 0.6) is 0 Å². The van der Waals surface area contributed by atoms with Gasteiger partial charge in [-0.1, -0.05) is 36.5 Å². The van der Waals surface area contributed by atoms with Crippen LogP contribution in [0.2, 0.25) is 0 Å². The molecule has 0 radical (unpaired) electrons. The van der Waals surface area contributed by atoms with Crippen molar-refractivity contribution in [1.29, 1.82) is 0 Å². The lowest BCUT2D eigenvalue weighted by Gasteiger charge is -2.10. The van der Waals surface area contributed by atoms with E-state index in [-0.39, 0.29) is 5.78 Å². The maximum atomic E-state index is 11.0. The zero-order chi connectivity index (χ0) is 9.26. The Bertz CT molecular complexity index is 353. The summed E-state index contributed by atoms with van der Waals surface area (Å²) in [6, 6.07) is 0. The molecular weight excluding hydrogens is 160 g/mol. The Morgan fingerprint density at radius 3 is 2.92 bits per heavy atom. The fraction of sp³-hybridized carbons (Fsp3) is 0.250. The first-order valence-electron chi connectivity index (χ1n) is 4.53. The van der Waals surface area contributed by atoms with Gasteiger partial charge in [0.05, 0.1) is 0 Å². The highest BCUT2D eigenvalue weighted by atomic mass is 16.1. The lowest BCUT2D eigenvalue weighted by Crippen LogP contribution is -1.98. The van der Waals surface area contributed by atoms with Gasteiger partial charge < -0.3 is 0 Å². The van der Waals surface area contributed by atoms with Crippen LogP contribution in [-0.2, 0) is 4.79 Å². The lowest BCUT2D eigenvalue weighted by molar-refractivity contribution is -0.116. The Labute approximate surface area is 78.1 Å². The average Bonchev–Trinajstić information content (AvgIpc) is 2.48. The van der Waals surface area contributed by atoms with Gasteiger partial charge in [0, 0.05) is 12.3 Å². The van der Waals surface area contributed by atoms with Crippen LogP contribution in [0.4, 0.5) is 0 Å². The third-order valence-corrected chi connectivity index (χ3v) is 2.38. The molecule has 0 N–H and O–H groups in total. The van der Waals surface area contributed by atoms with Crippen molar-refractivity contribution in [3.63, 3.8) is 0 Å². The number of carbonyl (C=O) groups excluding carboxylic acids is 1. The molecule has 2 rings (SSSR count). The third-order valence-electron chi connectivity index (χ3n) is 2.38. The van der Waals surface area contributed by atoms with Crippen molar-refractivity contribution >= 4 is 5.78 Å². The van der Waals surface area contributed by atoms with Crippen molar-refractivity contribution in [2.75, 3.05) is 0 Å². The summed E-state index contributed by atoms with van der Waals surface area (Å²) in [4.78, 5) is 11.0. The Morgan fingerprint density at radius 2 is 2.15 bits per heavy atom. The Balaban J connectivity index is 2.28. The predicted molar refractivity (Wildman–Crippen MR) is 53.2 cm³/mol. The Kier molecular flexibility index (Phi) is 2.01. The summed E-state index contributed by atoms with van der Waals surface area (Å²) in [5, 5.41) is 0. The fourth-order valence-electron chi connectivity index (χ4n) is 1.79. The van der Waals surface area contributed by atoms with Crippen LogP contribution in [0, 0.1) is 5.92 Å². The van der Waals surface area contributed by atoms with Crippen molar-refractivity contribution < 1.29 is 4.79 Å². The average molecular weight is 172 g/mol. The number of allylic oxidation sites excluding steroid dienone is 8. The van der Waals surface area contributed by atoms with Gasteiger partial charge in [-0.15, -0.1) is 0 Å². The van der Waals surface area contributed by atoms with E-state index in [1.54, 1.807) is 6.92 Å². The van der Waals surface area contributed by atoms with Gasteiger partial charge in [0.2, 0.25) is 0 Å². The molecule has 0 saturated heterocycles. The van der Waals surface area contributed by atoms with Crippen molar-refractivity contribution in [3.05, 3.63) is 47.6 Å². The molecule has 1 atom stereocenters. The summed E-state index contributed by atoms with van der Waals surface area (Å²) in [5.41, 5.74) is 2.47. The zero-order valence-corrected chi connectivity index (χ0v) is 7.66. The van der Waals surface area contributed by atoms with Crippen molar-refractivity contribution in [1.82, 2.24) is 0 Å². The summed E-state index contributed by atoms with van der Waals surface area (Å²) < 4.78 is 0. The van der Waals surface area contributed by atoms with Crippen LogP contribution < -0.4 is 0 Å². The van der Waals surface area contributed by atoms with Crippen LogP contribution in [0.1, 0.15) is 13.3 Å². The van der Waals surface area contributed by atoms with Gasteiger partial charge in [0.25, 0.3) is 0 Å². The highest BCUT2D eigenvalue weighted by Crippen LogP contribution is 2.31. The van der Waals surface area contributed by atoms with E-state index < -0.39 is 0 Å². The standard InChI is InChI=1S/C12H12O/c1-9(13)8-11-7-6-10-4-2-3-5-12(10)11/h2-7,10H,8H2,1H3. The van der Waals surface area contributed by atoms with E-state index in [1.165, 1.54) is 11.1 Å². The highest BCUT2D eigenvalue weighted by Gasteiger charge is 2.17. The maximum absolute atomic E-state index is 11.0. The normalized spacial score (nSPS) is 23.9. The topological polar surface area (TPSA) is 17.1 Å². The summed E-state index contributed by atoms with van der Waals surface area (Å²) >= 11 is 0. The zero-order valence-electron chi connectivity index (χ0n) is 7.66. The van der Waals surface area contributed by atoms with E-state index in [1.807, 2.05) is 6.08 Å². The quantitative estimate of drug-likeness (QED) is 0.625. The lowest BCUT2D eigenvalue weighted by atomic mass is 9.95. The van der Waals surface area contributed by atoms with Gasteiger partial charge in [-0.3, -0.25) is 4.79 Å². The molecule has 0 aromatic rings. The molecule has 0 spiro atoms. The van der Waals surface area contributed by atoms with E-state index >= 15 is 0 Å². The molecule has 0 bridgehead atoms. The first-order chi connectivity index (χ1) is 6.27. The second-order valence-electron chi connectivity index (χ2n) is 3.49. The number of ketones is 1. The molecule has 13 heavy (non-hydrogen) atoms. The monoisotopic (exact) mass is 172 g/mol. The van der Waals surface area contributed by atoms with E-state index in [4.69, 9.17) is 0 Å². The first kappa shape index (κ1) is 8.24. The number of rotatable bonds is 2. The third kappa shape index (κ3) is 1.55. The SMILES string of the molecule is CC(=O)CC1=C2C=CC=CC2C=C1. The molecule has 0 aromatic carbocycles. The minimum absolute atomic E-state index is 0.232. The van der Waals surface area contributed by atoms with Gasteiger partial charge in [0.1, 0.15) is 5.78 Å². The molecule has 0 fully saturated rings. The second-order valence-corrected chi connectivity index (χ2v) is 3.49. The fourth-order valence-corrected chi connectivity index (χ4v) is 1.79. The van der Waals surface area contributed by atoms with Gasteiger partial charge in [-0.2, -0.15) is 0 Å². The minimum Gasteiger partial charge on any atom is -0.300 e. The number of Topliss-reactive ketones (excluding diaryl/α,β-unsaturated/α-hetero) is 1. The van der Waals surface area contributed by atoms with Gasteiger partial charge >= 0.3 is 0 Å². The van der Waals surface area contributed by atoms with E-state index in [0.717, 1.165) is 0 Å². The minimum atomic E-state index is 0.232. The molecule has 0 aromatic heterocycles. The summed E-state index contributed by atoms with van der Waals surface area (Å²) in [7, 11) is 0. The van der Waals surface area contributed by atoms with Crippen molar-refractivity contribution in [2.24, 2.45) is 5.92 Å². The molecule has 2 aliphatic rings. The number of carbonyl (C=O) groups is 1. The molecule has 0 aliphatic heterocycles. The molecule has 66 valence electrons. The van der Waals surface area contributed by atoms with Gasteiger partial charge in [-0.25, -0.2) is 0 Å². The molecule has 0 heterocycles. The van der Waals surface area contributed by atoms with E-state index in [0.29, 0.717) is 12.3 Å².